The molecule has 0 aliphatic rings. The van der Waals surface area contributed by atoms with Crippen LogP contribution in [0.1, 0.15) is 35.8 Å². The summed E-state index contributed by atoms with van der Waals surface area (Å²) < 4.78 is 40.9. The molecular formula is C15H15F3N4O3. The van der Waals surface area contributed by atoms with Gasteiger partial charge in [-0.15, -0.1) is 0 Å². The maximum atomic E-state index is 13.4. The molecule has 2 aromatic rings. The van der Waals surface area contributed by atoms with E-state index in [0.717, 1.165) is 36.9 Å². The molecule has 1 aromatic carbocycles. The van der Waals surface area contributed by atoms with Crippen LogP contribution in [-0.4, -0.2) is 27.2 Å². The Morgan fingerprint density at radius 1 is 1.32 bits per heavy atom. The fourth-order valence-corrected chi connectivity index (χ4v) is 2.17. The van der Waals surface area contributed by atoms with Crippen molar-refractivity contribution in [1.29, 1.82) is 0 Å². The van der Waals surface area contributed by atoms with E-state index in [0.29, 0.717) is 11.1 Å². The molecule has 0 atom stereocenters. The molecule has 0 aliphatic carbocycles. The van der Waals surface area contributed by atoms with Crippen LogP contribution < -0.4 is 5.32 Å². The molecule has 2 rings (SSSR count). The van der Waals surface area contributed by atoms with Gasteiger partial charge in [0.05, 0.1) is 22.4 Å². The normalized spacial score (nSPS) is 11.4. The highest BCUT2D eigenvalue weighted by molar-refractivity contribution is 5.95. The van der Waals surface area contributed by atoms with Gasteiger partial charge in [0.25, 0.3) is 11.6 Å². The van der Waals surface area contributed by atoms with E-state index in [9.17, 15) is 28.1 Å². The number of carbonyl (C=O) groups is 1. The summed E-state index contributed by atoms with van der Waals surface area (Å²) in [4.78, 5) is 22.0. The third-order valence-corrected chi connectivity index (χ3v) is 3.40. The minimum atomic E-state index is -4.82. The highest BCUT2D eigenvalue weighted by Gasteiger charge is 2.40. The number of nitrogens with zero attached hydrogens (tertiary/aromatic N) is 3. The van der Waals surface area contributed by atoms with Crippen LogP contribution in [0, 0.1) is 10.1 Å². The van der Waals surface area contributed by atoms with Crippen molar-refractivity contribution in [2.24, 2.45) is 0 Å². The Kier molecular flexibility index (Phi) is 5.40. The zero-order chi connectivity index (χ0) is 18.6. The monoisotopic (exact) mass is 356 g/mol. The Morgan fingerprint density at radius 3 is 2.48 bits per heavy atom. The SMILES string of the molecule is CCCCNC(=O)c1cnn(-c2ccc([N+](=O)[O-])cc2)c1C(F)(F)F. The molecule has 0 bridgehead atoms. The van der Waals surface area contributed by atoms with Gasteiger partial charge in [0.2, 0.25) is 0 Å². The van der Waals surface area contributed by atoms with Crippen LogP contribution in [0.2, 0.25) is 0 Å². The predicted octanol–water partition coefficient (Wildman–Crippen LogP) is 3.33. The van der Waals surface area contributed by atoms with Crippen LogP contribution in [-0.2, 0) is 6.18 Å². The second-order valence-corrected chi connectivity index (χ2v) is 5.20. The first-order chi connectivity index (χ1) is 11.8. The molecule has 1 heterocycles. The minimum absolute atomic E-state index is 0.0365. The molecule has 0 aliphatic heterocycles. The molecule has 134 valence electrons. The quantitative estimate of drug-likeness (QED) is 0.488. The van der Waals surface area contributed by atoms with Gasteiger partial charge < -0.3 is 5.32 Å². The summed E-state index contributed by atoms with van der Waals surface area (Å²) in [5, 5.41) is 16.7. The summed E-state index contributed by atoms with van der Waals surface area (Å²) >= 11 is 0. The first-order valence-electron chi connectivity index (χ1n) is 7.44. The van der Waals surface area contributed by atoms with Gasteiger partial charge in [0.1, 0.15) is 0 Å². The molecule has 0 saturated heterocycles. The van der Waals surface area contributed by atoms with Crippen LogP contribution in [0.4, 0.5) is 18.9 Å². The summed E-state index contributed by atoms with van der Waals surface area (Å²) in [5.74, 6) is -0.867. The van der Waals surface area contributed by atoms with Gasteiger partial charge >= 0.3 is 6.18 Å². The molecule has 0 saturated carbocycles. The predicted molar refractivity (Wildman–Crippen MR) is 82.5 cm³/mol. The maximum Gasteiger partial charge on any atom is 0.434 e. The first-order valence-corrected chi connectivity index (χ1v) is 7.44. The molecular weight excluding hydrogens is 341 g/mol. The third-order valence-electron chi connectivity index (χ3n) is 3.40. The first kappa shape index (κ1) is 18.4. The second-order valence-electron chi connectivity index (χ2n) is 5.20. The van der Waals surface area contributed by atoms with E-state index < -0.39 is 28.3 Å². The molecule has 10 heteroatoms. The zero-order valence-corrected chi connectivity index (χ0v) is 13.2. The van der Waals surface area contributed by atoms with E-state index in [1.165, 1.54) is 0 Å². The number of aromatic nitrogens is 2. The molecule has 1 amide bonds. The van der Waals surface area contributed by atoms with Crippen LogP contribution in [0.5, 0.6) is 0 Å². The van der Waals surface area contributed by atoms with Crippen molar-refractivity contribution < 1.29 is 22.9 Å². The number of nitro benzene ring substituents is 1. The van der Waals surface area contributed by atoms with Gasteiger partial charge in [-0.1, -0.05) is 13.3 Å². The highest BCUT2D eigenvalue weighted by Crippen LogP contribution is 2.33. The largest absolute Gasteiger partial charge is 0.434 e. The van der Waals surface area contributed by atoms with Crippen molar-refractivity contribution in [3.8, 4) is 5.69 Å². The van der Waals surface area contributed by atoms with Crippen LogP contribution >= 0.6 is 0 Å². The van der Waals surface area contributed by atoms with Gasteiger partial charge in [-0.3, -0.25) is 14.9 Å². The van der Waals surface area contributed by atoms with Crippen molar-refractivity contribution in [2.45, 2.75) is 25.9 Å². The van der Waals surface area contributed by atoms with Crippen molar-refractivity contribution in [3.63, 3.8) is 0 Å². The molecule has 0 spiro atoms. The molecule has 0 radical (unpaired) electrons. The van der Waals surface area contributed by atoms with Gasteiger partial charge in [-0.25, -0.2) is 4.68 Å². The van der Waals surface area contributed by atoms with E-state index in [1.807, 2.05) is 6.92 Å². The Balaban J connectivity index is 2.42. The number of carbonyl (C=O) groups excluding carboxylic acids is 1. The number of benzene rings is 1. The Labute approximate surface area is 140 Å². The van der Waals surface area contributed by atoms with Crippen LogP contribution in [0.25, 0.3) is 5.69 Å². The summed E-state index contributed by atoms with van der Waals surface area (Å²) in [6.45, 7) is 2.15. The molecule has 25 heavy (non-hydrogen) atoms. The van der Waals surface area contributed by atoms with Gasteiger partial charge in [0.15, 0.2) is 5.69 Å². The lowest BCUT2D eigenvalue weighted by Crippen LogP contribution is -2.27. The third kappa shape index (κ3) is 4.14. The number of hydrogen-bond acceptors (Lipinski definition) is 4. The summed E-state index contributed by atoms with van der Waals surface area (Å²) in [5.41, 5.74) is -2.12. The topological polar surface area (TPSA) is 90.1 Å². The van der Waals surface area contributed by atoms with E-state index in [1.54, 1.807) is 0 Å². The Morgan fingerprint density at radius 2 is 1.96 bits per heavy atom. The average molecular weight is 356 g/mol. The number of rotatable bonds is 6. The fourth-order valence-electron chi connectivity index (χ4n) is 2.17. The zero-order valence-electron chi connectivity index (χ0n) is 13.2. The maximum absolute atomic E-state index is 13.4. The summed E-state index contributed by atoms with van der Waals surface area (Å²) in [7, 11) is 0. The van der Waals surface area contributed by atoms with Crippen LogP contribution in [0.3, 0.4) is 0 Å². The smallest absolute Gasteiger partial charge is 0.352 e. The minimum Gasteiger partial charge on any atom is -0.352 e. The lowest BCUT2D eigenvalue weighted by Gasteiger charge is -2.12. The average Bonchev–Trinajstić information content (AvgIpc) is 3.00. The number of hydrogen-bond donors (Lipinski definition) is 1. The number of alkyl halides is 3. The van der Waals surface area contributed by atoms with E-state index in [-0.39, 0.29) is 17.9 Å². The number of halogens is 3. The van der Waals surface area contributed by atoms with E-state index >= 15 is 0 Å². The lowest BCUT2D eigenvalue weighted by atomic mass is 10.2. The van der Waals surface area contributed by atoms with Crippen molar-refractivity contribution in [1.82, 2.24) is 15.1 Å². The summed E-state index contributed by atoms with van der Waals surface area (Å²) in [6, 6.07) is 4.41. The van der Waals surface area contributed by atoms with Crippen molar-refractivity contribution in [3.05, 3.63) is 51.8 Å². The number of unbranched alkanes of at least 4 members (excludes halogenated alkanes) is 1. The molecule has 0 unspecified atom stereocenters. The lowest BCUT2D eigenvalue weighted by molar-refractivity contribution is -0.384. The van der Waals surface area contributed by atoms with Gasteiger partial charge in [-0.2, -0.15) is 18.3 Å². The Bertz CT molecular complexity index is 769. The molecule has 0 fully saturated rings. The van der Waals surface area contributed by atoms with Gasteiger partial charge in [0, 0.05) is 18.7 Å². The van der Waals surface area contributed by atoms with Crippen molar-refractivity contribution >= 4 is 11.6 Å². The van der Waals surface area contributed by atoms with Gasteiger partial charge in [-0.05, 0) is 18.6 Å². The van der Waals surface area contributed by atoms with Crippen molar-refractivity contribution in [2.75, 3.05) is 6.54 Å². The standard InChI is InChI=1S/C15H15F3N4O3/c1-2-3-8-19-14(23)12-9-20-21(13(12)15(16,17)18)10-4-6-11(7-5-10)22(24)25/h4-7,9H,2-3,8H2,1H3,(H,19,23). The van der Waals surface area contributed by atoms with Crippen LogP contribution in [0.15, 0.2) is 30.5 Å². The summed E-state index contributed by atoms with van der Waals surface area (Å²) in [6.07, 6.45) is -2.56. The number of nitro groups is 1. The number of amides is 1. The molecule has 1 aromatic heterocycles. The molecule has 1 N–H and O–H groups in total. The Hall–Kier alpha value is -2.91. The highest BCUT2D eigenvalue weighted by atomic mass is 19.4. The number of non-ortho nitro benzene ring substituents is 1. The van der Waals surface area contributed by atoms with E-state index in [2.05, 4.69) is 10.4 Å². The van der Waals surface area contributed by atoms with E-state index in [4.69, 9.17) is 0 Å². The second kappa shape index (κ2) is 7.32. The number of nitrogens with one attached hydrogen (secondary N) is 1. The fraction of sp³-hybridized carbons (Fsp3) is 0.333. The molecule has 7 nitrogen and oxygen atoms in total.